The SMILES string of the molecule is CC(C)CNC(=O)[C@H](C)N(Cc1ccc(F)cc1)C(=O)CN(c1cccc(Br)c1)S(=O)(=O)c1ccccc1. The lowest BCUT2D eigenvalue weighted by Crippen LogP contribution is -2.51. The van der Waals surface area contributed by atoms with Gasteiger partial charge < -0.3 is 10.2 Å². The fraction of sp³-hybridized carbons (Fsp3) is 0.286. The molecule has 0 aliphatic carbocycles. The van der Waals surface area contributed by atoms with Crippen LogP contribution in [0.4, 0.5) is 10.1 Å². The summed E-state index contributed by atoms with van der Waals surface area (Å²) in [5.41, 5.74) is 0.887. The molecule has 7 nitrogen and oxygen atoms in total. The molecule has 0 aliphatic heterocycles. The topological polar surface area (TPSA) is 86.8 Å². The van der Waals surface area contributed by atoms with Crippen molar-refractivity contribution in [2.24, 2.45) is 5.92 Å². The molecule has 3 aromatic rings. The Morgan fingerprint density at radius 1 is 0.947 bits per heavy atom. The minimum absolute atomic E-state index is 0.00686. The second-order valence-corrected chi connectivity index (χ2v) is 12.0. The van der Waals surface area contributed by atoms with Crippen LogP contribution in [0.15, 0.2) is 88.2 Å². The molecule has 0 fully saturated rings. The van der Waals surface area contributed by atoms with E-state index in [1.807, 2.05) is 13.8 Å². The van der Waals surface area contributed by atoms with Gasteiger partial charge >= 0.3 is 0 Å². The Kier molecular flexibility index (Phi) is 10.0. The first-order valence-electron chi connectivity index (χ1n) is 12.1. The van der Waals surface area contributed by atoms with Crippen molar-refractivity contribution < 1.29 is 22.4 Å². The third-order valence-corrected chi connectivity index (χ3v) is 8.11. The molecule has 10 heteroatoms. The van der Waals surface area contributed by atoms with Gasteiger partial charge in [-0.3, -0.25) is 13.9 Å². The van der Waals surface area contributed by atoms with Crippen LogP contribution in [0.25, 0.3) is 0 Å². The highest BCUT2D eigenvalue weighted by Crippen LogP contribution is 2.27. The van der Waals surface area contributed by atoms with Gasteiger partial charge in [0.15, 0.2) is 0 Å². The molecule has 3 rings (SSSR count). The molecule has 1 atom stereocenters. The number of anilines is 1. The van der Waals surface area contributed by atoms with Crippen LogP contribution < -0.4 is 9.62 Å². The van der Waals surface area contributed by atoms with Gasteiger partial charge in [-0.25, -0.2) is 12.8 Å². The van der Waals surface area contributed by atoms with Crippen molar-refractivity contribution >= 4 is 43.5 Å². The summed E-state index contributed by atoms with van der Waals surface area (Å²) in [4.78, 5) is 28.1. The summed E-state index contributed by atoms with van der Waals surface area (Å²) in [7, 11) is -4.13. The first kappa shape index (κ1) is 29.3. The van der Waals surface area contributed by atoms with Crippen LogP contribution in [-0.4, -0.2) is 44.3 Å². The fourth-order valence-corrected chi connectivity index (χ4v) is 5.52. The molecule has 202 valence electrons. The maximum atomic E-state index is 13.8. The van der Waals surface area contributed by atoms with Crippen LogP contribution in [0.2, 0.25) is 0 Å². The van der Waals surface area contributed by atoms with Gasteiger partial charge in [0.05, 0.1) is 10.6 Å². The van der Waals surface area contributed by atoms with Crippen LogP contribution in [0.5, 0.6) is 0 Å². The number of hydrogen-bond acceptors (Lipinski definition) is 4. The van der Waals surface area contributed by atoms with Gasteiger partial charge in [-0.15, -0.1) is 0 Å². The molecule has 1 N–H and O–H groups in total. The molecule has 0 bridgehead atoms. The molecule has 0 saturated heterocycles. The minimum atomic E-state index is -4.13. The van der Waals surface area contributed by atoms with E-state index in [2.05, 4.69) is 21.2 Å². The zero-order valence-corrected chi connectivity index (χ0v) is 23.9. The monoisotopic (exact) mass is 603 g/mol. The lowest BCUT2D eigenvalue weighted by atomic mass is 10.1. The summed E-state index contributed by atoms with van der Waals surface area (Å²) in [5.74, 6) is -1.17. The number of carbonyl (C=O) groups is 2. The Morgan fingerprint density at radius 2 is 1.61 bits per heavy atom. The highest BCUT2D eigenvalue weighted by atomic mass is 79.9. The lowest BCUT2D eigenvalue weighted by Gasteiger charge is -2.32. The summed E-state index contributed by atoms with van der Waals surface area (Å²) in [5, 5.41) is 2.83. The van der Waals surface area contributed by atoms with Crippen molar-refractivity contribution in [2.75, 3.05) is 17.4 Å². The van der Waals surface area contributed by atoms with Gasteiger partial charge in [0.1, 0.15) is 18.4 Å². The zero-order chi connectivity index (χ0) is 27.9. The summed E-state index contributed by atoms with van der Waals surface area (Å²) >= 11 is 3.37. The smallest absolute Gasteiger partial charge is 0.264 e. The number of rotatable bonds is 11. The molecule has 2 amide bonds. The molecule has 0 aliphatic rings. The molecular formula is C28H31BrFN3O4S. The van der Waals surface area contributed by atoms with Gasteiger partial charge in [0.25, 0.3) is 10.0 Å². The van der Waals surface area contributed by atoms with Crippen LogP contribution in [-0.2, 0) is 26.2 Å². The molecule has 0 saturated carbocycles. The maximum Gasteiger partial charge on any atom is 0.264 e. The van der Waals surface area contributed by atoms with Crippen LogP contribution in [0.3, 0.4) is 0 Å². The van der Waals surface area contributed by atoms with E-state index in [1.165, 1.54) is 41.3 Å². The summed E-state index contributed by atoms with van der Waals surface area (Å²) in [6, 6.07) is 19.2. The first-order chi connectivity index (χ1) is 18.0. The normalized spacial score (nSPS) is 12.2. The summed E-state index contributed by atoms with van der Waals surface area (Å²) < 4.78 is 42.6. The van der Waals surface area contributed by atoms with Crippen molar-refractivity contribution in [1.29, 1.82) is 0 Å². The molecule has 0 unspecified atom stereocenters. The molecule has 0 spiro atoms. The van der Waals surface area contributed by atoms with Crippen molar-refractivity contribution in [3.8, 4) is 0 Å². The number of halogens is 2. The van der Waals surface area contributed by atoms with E-state index in [9.17, 15) is 22.4 Å². The highest BCUT2D eigenvalue weighted by molar-refractivity contribution is 9.10. The van der Waals surface area contributed by atoms with E-state index in [0.29, 0.717) is 16.6 Å². The van der Waals surface area contributed by atoms with E-state index < -0.39 is 34.3 Å². The average molecular weight is 605 g/mol. The van der Waals surface area contributed by atoms with Crippen molar-refractivity contribution in [3.05, 3.63) is 94.7 Å². The largest absolute Gasteiger partial charge is 0.354 e. The van der Waals surface area contributed by atoms with Gasteiger partial charge in [-0.05, 0) is 60.9 Å². The van der Waals surface area contributed by atoms with Crippen LogP contribution in [0, 0.1) is 11.7 Å². The van der Waals surface area contributed by atoms with E-state index >= 15 is 0 Å². The molecule has 0 radical (unpaired) electrons. The third-order valence-electron chi connectivity index (χ3n) is 5.82. The van der Waals surface area contributed by atoms with Gasteiger partial charge in [-0.1, -0.05) is 66.2 Å². The van der Waals surface area contributed by atoms with Crippen molar-refractivity contribution in [1.82, 2.24) is 10.2 Å². The molecule has 3 aromatic carbocycles. The predicted octanol–water partition coefficient (Wildman–Crippen LogP) is 4.97. The number of sulfonamides is 1. The highest BCUT2D eigenvalue weighted by Gasteiger charge is 2.32. The average Bonchev–Trinajstić information content (AvgIpc) is 2.89. The van der Waals surface area contributed by atoms with E-state index in [1.54, 1.807) is 49.4 Å². The summed E-state index contributed by atoms with van der Waals surface area (Å²) in [6.07, 6.45) is 0. The maximum absolute atomic E-state index is 13.8. The quantitative estimate of drug-likeness (QED) is 0.335. The Balaban J connectivity index is 1.99. The van der Waals surface area contributed by atoms with Crippen LogP contribution >= 0.6 is 15.9 Å². The van der Waals surface area contributed by atoms with Gasteiger partial charge in [0, 0.05) is 17.6 Å². The Labute approximate surface area is 231 Å². The molecule has 0 aromatic heterocycles. The minimum Gasteiger partial charge on any atom is -0.354 e. The molecule has 0 heterocycles. The Bertz CT molecular complexity index is 1350. The van der Waals surface area contributed by atoms with Crippen molar-refractivity contribution in [3.63, 3.8) is 0 Å². The summed E-state index contributed by atoms with van der Waals surface area (Å²) in [6.45, 7) is 5.37. The number of amides is 2. The number of nitrogens with zero attached hydrogens (tertiary/aromatic N) is 2. The standard InChI is InChI=1S/C28H31BrFN3O4S/c1-20(2)17-31-28(35)21(3)32(18-22-12-14-24(30)15-13-22)27(34)19-33(25-9-7-8-23(29)16-25)38(36,37)26-10-5-4-6-11-26/h4-16,20-21H,17-19H2,1-3H3,(H,31,35)/t21-/m0/s1. The van der Waals surface area contributed by atoms with E-state index in [-0.39, 0.29) is 29.0 Å². The van der Waals surface area contributed by atoms with E-state index in [4.69, 9.17) is 0 Å². The van der Waals surface area contributed by atoms with Crippen molar-refractivity contribution in [2.45, 2.75) is 38.3 Å². The fourth-order valence-electron chi connectivity index (χ4n) is 3.70. The third kappa shape index (κ3) is 7.64. The number of nitrogens with one attached hydrogen (secondary N) is 1. The zero-order valence-electron chi connectivity index (χ0n) is 21.5. The van der Waals surface area contributed by atoms with Gasteiger partial charge in [-0.2, -0.15) is 0 Å². The Morgan fingerprint density at radius 3 is 2.21 bits per heavy atom. The molecule has 38 heavy (non-hydrogen) atoms. The Hall–Kier alpha value is -3.24. The predicted molar refractivity (Wildman–Crippen MR) is 149 cm³/mol. The molecular weight excluding hydrogens is 573 g/mol. The first-order valence-corrected chi connectivity index (χ1v) is 14.4. The number of hydrogen-bond donors (Lipinski definition) is 1. The number of carbonyl (C=O) groups excluding carboxylic acids is 2. The number of benzene rings is 3. The van der Waals surface area contributed by atoms with Crippen LogP contribution in [0.1, 0.15) is 26.3 Å². The van der Waals surface area contributed by atoms with E-state index in [0.717, 1.165) is 4.31 Å². The second-order valence-electron chi connectivity index (χ2n) is 9.27. The van der Waals surface area contributed by atoms with Gasteiger partial charge in [0.2, 0.25) is 11.8 Å². The lowest BCUT2D eigenvalue weighted by molar-refractivity contribution is -0.139. The second kappa shape index (κ2) is 13.0.